The van der Waals surface area contributed by atoms with E-state index in [1.54, 1.807) is 16.4 Å². The molecule has 0 fully saturated rings. The van der Waals surface area contributed by atoms with Gasteiger partial charge in [0.05, 0.1) is 12.2 Å². The van der Waals surface area contributed by atoms with Crippen LogP contribution >= 0.6 is 11.8 Å². The topological polar surface area (TPSA) is 86.9 Å². The molecule has 3 aromatic heterocycles. The number of hydrogen-bond acceptors (Lipinski definition) is 6. The van der Waals surface area contributed by atoms with Crippen LogP contribution < -0.4 is 5.73 Å². The summed E-state index contributed by atoms with van der Waals surface area (Å²) in [5.41, 5.74) is 8.68. The molecule has 3 heterocycles. The molecule has 0 atom stereocenters. The maximum atomic E-state index is 5.52. The smallest absolute Gasteiger partial charge is 0.209 e. The van der Waals surface area contributed by atoms with Crippen LogP contribution in [0.2, 0.25) is 0 Å². The first-order valence-corrected chi connectivity index (χ1v) is 7.28. The molecule has 3 rings (SSSR count). The molecule has 0 aliphatic heterocycles. The highest BCUT2D eigenvalue weighted by atomic mass is 32.2. The number of rotatable bonds is 5. The van der Waals surface area contributed by atoms with Gasteiger partial charge in [-0.15, -0.1) is 5.10 Å². The van der Waals surface area contributed by atoms with E-state index in [0.717, 1.165) is 27.8 Å². The van der Waals surface area contributed by atoms with Gasteiger partial charge in [0.2, 0.25) is 5.16 Å². The molecule has 20 heavy (non-hydrogen) atoms. The van der Waals surface area contributed by atoms with Crippen LogP contribution in [-0.2, 0) is 12.3 Å². The second-order valence-corrected chi connectivity index (χ2v) is 5.36. The first-order chi connectivity index (χ1) is 9.78. The van der Waals surface area contributed by atoms with Crippen LogP contribution in [0.1, 0.15) is 11.3 Å². The van der Waals surface area contributed by atoms with Crippen molar-refractivity contribution in [2.45, 2.75) is 24.4 Å². The Hall–Kier alpha value is -1.93. The van der Waals surface area contributed by atoms with Gasteiger partial charge in [0.1, 0.15) is 5.65 Å². The monoisotopic (exact) mass is 289 g/mol. The Balaban J connectivity index is 1.76. The number of hydrogen-bond donors (Lipinski definition) is 1. The number of thioether (sulfide) groups is 1. The van der Waals surface area contributed by atoms with Crippen LogP contribution in [0.5, 0.6) is 0 Å². The number of nitrogens with two attached hydrogens (primary N) is 1. The Morgan fingerprint density at radius 1 is 1.40 bits per heavy atom. The van der Waals surface area contributed by atoms with Crippen LogP contribution in [0.25, 0.3) is 5.65 Å². The largest absolute Gasteiger partial charge is 0.329 e. The van der Waals surface area contributed by atoms with Gasteiger partial charge in [-0.2, -0.15) is 0 Å². The van der Waals surface area contributed by atoms with Crippen molar-refractivity contribution in [2.24, 2.45) is 5.73 Å². The van der Waals surface area contributed by atoms with Gasteiger partial charge in [-0.3, -0.25) is 0 Å². The molecule has 104 valence electrons. The number of aryl methyl sites for hydroxylation is 1. The highest BCUT2D eigenvalue weighted by molar-refractivity contribution is 7.98. The molecule has 3 aromatic rings. The number of pyridine rings is 1. The first-order valence-electron chi connectivity index (χ1n) is 6.30. The summed E-state index contributed by atoms with van der Waals surface area (Å²) in [6, 6.07) is 4.07. The first kappa shape index (κ1) is 13.1. The number of aromatic nitrogens is 6. The van der Waals surface area contributed by atoms with Crippen molar-refractivity contribution in [3.63, 3.8) is 0 Å². The third-order valence-corrected chi connectivity index (χ3v) is 3.91. The van der Waals surface area contributed by atoms with E-state index < -0.39 is 0 Å². The summed E-state index contributed by atoms with van der Waals surface area (Å²) in [7, 11) is 0. The lowest BCUT2D eigenvalue weighted by atomic mass is 10.3. The van der Waals surface area contributed by atoms with Crippen molar-refractivity contribution in [1.29, 1.82) is 0 Å². The predicted molar refractivity (Wildman–Crippen MR) is 76.4 cm³/mol. The van der Waals surface area contributed by atoms with Gasteiger partial charge in [-0.25, -0.2) is 9.67 Å². The van der Waals surface area contributed by atoms with Crippen LogP contribution in [-0.4, -0.2) is 36.1 Å². The van der Waals surface area contributed by atoms with Crippen molar-refractivity contribution >= 4 is 17.4 Å². The molecule has 0 saturated carbocycles. The highest BCUT2D eigenvalue weighted by Gasteiger charge is 2.09. The zero-order chi connectivity index (χ0) is 13.9. The molecule has 8 heteroatoms. The molecule has 0 aliphatic rings. The molecular formula is C12H15N7S. The molecule has 0 radical (unpaired) electrons. The van der Waals surface area contributed by atoms with Crippen molar-refractivity contribution < 1.29 is 0 Å². The molecule has 0 saturated heterocycles. The lowest BCUT2D eigenvalue weighted by Gasteiger charge is -2.00. The zero-order valence-corrected chi connectivity index (χ0v) is 11.9. The molecule has 7 nitrogen and oxygen atoms in total. The van der Waals surface area contributed by atoms with E-state index >= 15 is 0 Å². The fraction of sp³-hybridized carbons (Fsp3) is 0.333. The Bertz CT molecular complexity index is 717. The van der Waals surface area contributed by atoms with Gasteiger partial charge in [-0.05, 0) is 29.0 Å². The average molecular weight is 289 g/mol. The van der Waals surface area contributed by atoms with Crippen LogP contribution in [0.4, 0.5) is 0 Å². The lowest BCUT2D eigenvalue weighted by Crippen LogP contribution is -2.12. The Morgan fingerprint density at radius 3 is 3.10 bits per heavy atom. The second kappa shape index (κ2) is 5.59. The van der Waals surface area contributed by atoms with Gasteiger partial charge >= 0.3 is 0 Å². The molecule has 0 unspecified atom stereocenters. The second-order valence-electron chi connectivity index (χ2n) is 4.42. The summed E-state index contributed by atoms with van der Waals surface area (Å²) in [4.78, 5) is 4.63. The van der Waals surface area contributed by atoms with Gasteiger partial charge in [0.25, 0.3) is 0 Å². The Morgan fingerprint density at radius 2 is 2.30 bits per heavy atom. The van der Waals surface area contributed by atoms with E-state index in [4.69, 9.17) is 5.73 Å². The summed E-state index contributed by atoms with van der Waals surface area (Å²) in [6.45, 7) is 3.20. The van der Waals surface area contributed by atoms with Crippen molar-refractivity contribution in [1.82, 2.24) is 29.6 Å². The normalized spacial score (nSPS) is 11.3. The highest BCUT2D eigenvalue weighted by Crippen LogP contribution is 2.20. The fourth-order valence-electron chi connectivity index (χ4n) is 1.97. The van der Waals surface area contributed by atoms with Crippen molar-refractivity contribution in [2.75, 3.05) is 6.54 Å². The quantitative estimate of drug-likeness (QED) is 0.702. The van der Waals surface area contributed by atoms with Crippen LogP contribution in [0.15, 0.2) is 29.7 Å². The summed E-state index contributed by atoms with van der Waals surface area (Å²) >= 11 is 1.56. The van der Waals surface area contributed by atoms with E-state index in [2.05, 4.69) is 33.5 Å². The molecule has 0 aromatic carbocycles. The number of tetrazole rings is 1. The summed E-state index contributed by atoms with van der Waals surface area (Å²) in [5, 5.41) is 12.3. The standard InChI is InChI=1S/C12H15N7S/c1-9-3-2-5-18-7-10(14-11(9)18)8-20-12-15-16-17-19(12)6-4-13/h2-3,5,7H,4,6,8,13H2,1H3. The number of fused-ring (bicyclic) bond motifs is 1. The zero-order valence-electron chi connectivity index (χ0n) is 11.1. The molecule has 0 aliphatic carbocycles. The fourth-order valence-corrected chi connectivity index (χ4v) is 2.76. The molecule has 0 amide bonds. The molecule has 2 N–H and O–H groups in total. The third kappa shape index (κ3) is 2.52. The Kier molecular flexibility index (Phi) is 3.66. The molecule has 0 bridgehead atoms. The van der Waals surface area contributed by atoms with E-state index in [1.807, 2.05) is 22.9 Å². The lowest BCUT2D eigenvalue weighted by molar-refractivity contribution is 0.557. The van der Waals surface area contributed by atoms with Crippen molar-refractivity contribution in [3.8, 4) is 0 Å². The van der Waals surface area contributed by atoms with Crippen molar-refractivity contribution in [3.05, 3.63) is 35.8 Å². The van der Waals surface area contributed by atoms with Crippen LogP contribution in [0.3, 0.4) is 0 Å². The minimum absolute atomic E-state index is 0.520. The summed E-state index contributed by atoms with van der Waals surface area (Å²) in [6.07, 6.45) is 4.04. The van der Waals surface area contributed by atoms with Gasteiger partial charge < -0.3 is 10.1 Å². The maximum absolute atomic E-state index is 5.52. The predicted octanol–water partition coefficient (Wildman–Crippen LogP) is 0.880. The molecular weight excluding hydrogens is 274 g/mol. The minimum Gasteiger partial charge on any atom is -0.329 e. The van der Waals surface area contributed by atoms with E-state index in [0.29, 0.717) is 13.1 Å². The third-order valence-electron chi connectivity index (χ3n) is 2.92. The maximum Gasteiger partial charge on any atom is 0.209 e. The summed E-state index contributed by atoms with van der Waals surface area (Å²) < 4.78 is 3.75. The van der Waals surface area contributed by atoms with Gasteiger partial charge in [0.15, 0.2) is 0 Å². The average Bonchev–Trinajstić information content (AvgIpc) is 3.04. The minimum atomic E-state index is 0.520. The van der Waals surface area contributed by atoms with E-state index in [1.165, 1.54) is 0 Å². The number of imidazole rings is 1. The molecule has 0 spiro atoms. The van der Waals surface area contributed by atoms with Gasteiger partial charge in [0, 0.05) is 24.7 Å². The SMILES string of the molecule is Cc1cccn2cc(CSc3nnnn3CCN)nc12. The number of nitrogens with zero attached hydrogens (tertiary/aromatic N) is 6. The Labute approximate surface area is 120 Å². The van der Waals surface area contributed by atoms with Crippen LogP contribution in [0, 0.1) is 6.92 Å². The summed E-state index contributed by atoms with van der Waals surface area (Å²) in [5.74, 6) is 0.728. The van der Waals surface area contributed by atoms with Gasteiger partial charge in [-0.1, -0.05) is 17.8 Å². The van der Waals surface area contributed by atoms with E-state index in [9.17, 15) is 0 Å². The van der Waals surface area contributed by atoms with E-state index in [-0.39, 0.29) is 0 Å².